The summed E-state index contributed by atoms with van der Waals surface area (Å²) in [6.45, 7) is 2.80. The van der Waals surface area contributed by atoms with Crippen molar-refractivity contribution in [2.75, 3.05) is 26.7 Å². The molecule has 6 heteroatoms. The molecule has 0 radical (unpaired) electrons. The topological polar surface area (TPSA) is 50.8 Å². The second-order valence-electron chi connectivity index (χ2n) is 6.10. The van der Waals surface area contributed by atoms with Crippen molar-refractivity contribution < 1.29 is 14.3 Å². The zero-order valence-electron chi connectivity index (χ0n) is 14.4. The van der Waals surface area contributed by atoms with Crippen LogP contribution in [0.4, 0.5) is 0 Å². The van der Waals surface area contributed by atoms with Crippen molar-refractivity contribution in [3.63, 3.8) is 0 Å². The Bertz CT molecular complexity index is 667. The average molecular weight is 360 g/mol. The van der Waals surface area contributed by atoms with Gasteiger partial charge in [0.1, 0.15) is 6.10 Å². The van der Waals surface area contributed by atoms with E-state index in [1.165, 1.54) is 4.88 Å². The molecule has 25 heavy (non-hydrogen) atoms. The second-order valence-corrected chi connectivity index (χ2v) is 7.13. The van der Waals surface area contributed by atoms with Gasteiger partial charge in [-0.1, -0.05) is 18.2 Å². The van der Waals surface area contributed by atoms with Crippen LogP contribution < -0.4 is 14.8 Å². The number of carbonyl (C=O) groups is 1. The van der Waals surface area contributed by atoms with Gasteiger partial charge in [-0.05, 0) is 36.4 Å². The quantitative estimate of drug-likeness (QED) is 0.825. The van der Waals surface area contributed by atoms with Crippen LogP contribution >= 0.6 is 11.3 Å². The van der Waals surface area contributed by atoms with E-state index < -0.39 is 0 Å². The first-order valence-electron chi connectivity index (χ1n) is 8.55. The van der Waals surface area contributed by atoms with Crippen LogP contribution in [0.3, 0.4) is 0 Å². The van der Waals surface area contributed by atoms with Crippen LogP contribution in [0.25, 0.3) is 0 Å². The van der Waals surface area contributed by atoms with E-state index in [-0.39, 0.29) is 12.0 Å². The lowest BCUT2D eigenvalue weighted by molar-refractivity contribution is -0.122. The maximum atomic E-state index is 12.1. The largest absolute Gasteiger partial charge is 0.493 e. The Kier molecular flexibility index (Phi) is 6.30. The Hall–Kier alpha value is -2.05. The molecule has 1 saturated heterocycles. The lowest BCUT2D eigenvalue weighted by Gasteiger charge is -2.31. The van der Waals surface area contributed by atoms with Crippen LogP contribution in [-0.2, 0) is 11.3 Å². The van der Waals surface area contributed by atoms with E-state index in [4.69, 9.17) is 9.47 Å². The van der Waals surface area contributed by atoms with Gasteiger partial charge in [0, 0.05) is 18.0 Å². The molecule has 2 heterocycles. The highest BCUT2D eigenvalue weighted by molar-refractivity contribution is 7.09. The number of ether oxygens (including phenoxy) is 2. The van der Waals surface area contributed by atoms with E-state index in [9.17, 15) is 4.79 Å². The molecule has 1 amide bonds. The Morgan fingerprint density at radius 3 is 2.64 bits per heavy atom. The molecule has 2 aromatic rings. The fourth-order valence-corrected chi connectivity index (χ4v) is 3.58. The summed E-state index contributed by atoms with van der Waals surface area (Å²) in [6.07, 6.45) is 1.99. The lowest BCUT2D eigenvalue weighted by Crippen LogP contribution is -2.43. The van der Waals surface area contributed by atoms with E-state index in [0.717, 1.165) is 37.4 Å². The van der Waals surface area contributed by atoms with Gasteiger partial charge in [0.15, 0.2) is 11.5 Å². The highest BCUT2D eigenvalue weighted by Crippen LogP contribution is 2.28. The number of likely N-dealkylation sites (tertiary alicyclic amines) is 1. The van der Waals surface area contributed by atoms with Gasteiger partial charge in [-0.15, -0.1) is 11.3 Å². The highest BCUT2D eigenvalue weighted by atomic mass is 32.1. The van der Waals surface area contributed by atoms with Gasteiger partial charge in [0.25, 0.3) is 0 Å². The number of methoxy groups -OCH3 is 1. The molecule has 0 bridgehead atoms. The number of nitrogens with zero attached hydrogens (tertiary/aromatic N) is 1. The maximum Gasteiger partial charge on any atom is 0.234 e. The molecule has 1 aliphatic heterocycles. The summed E-state index contributed by atoms with van der Waals surface area (Å²) in [5.74, 6) is 1.63. The van der Waals surface area contributed by atoms with Crippen molar-refractivity contribution in [3.8, 4) is 11.5 Å². The molecule has 3 rings (SSSR count). The molecule has 1 aromatic heterocycles. The number of piperidine rings is 1. The molecule has 0 spiro atoms. The second kappa shape index (κ2) is 8.87. The number of benzene rings is 1. The number of para-hydroxylation sites is 2. The van der Waals surface area contributed by atoms with Crippen LogP contribution in [0, 0.1) is 0 Å². The Morgan fingerprint density at radius 1 is 1.20 bits per heavy atom. The molecule has 134 valence electrons. The van der Waals surface area contributed by atoms with E-state index in [2.05, 4.69) is 10.2 Å². The summed E-state index contributed by atoms with van der Waals surface area (Å²) in [5, 5.41) is 5.00. The maximum absolute atomic E-state index is 12.1. The minimum Gasteiger partial charge on any atom is -0.493 e. The first-order chi connectivity index (χ1) is 12.2. The van der Waals surface area contributed by atoms with Gasteiger partial charge in [-0.25, -0.2) is 0 Å². The summed E-state index contributed by atoms with van der Waals surface area (Å²) in [4.78, 5) is 15.4. The first kappa shape index (κ1) is 17.8. The van der Waals surface area contributed by atoms with Crippen molar-refractivity contribution in [2.45, 2.75) is 25.5 Å². The minimum atomic E-state index is 0.0810. The standard InChI is InChI=1S/C19H24N2O3S/c1-23-17-6-2-3-7-18(17)24-15-8-10-21(11-9-15)14-19(22)20-13-16-5-4-12-25-16/h2-7,12,15H,8-11,13-14H2,1H3,(H,20,22). The van der Waals surface area contributed by atoms with Crippen molar-refractivity contribution in [2.24, 2.45) is 0 Å². The number of hydrogen-bond donors (Lipinski definition) is 1. The predicted molar refractivity (Wildman–Crippen MR) is 99.2 cm³/mol. The third-order valence-corrected chi connectivity index (χ3v) is 5.18. The third-order valence-electron chi connectivity index (χ3n) is 4.30. The minimum absolute atomic E-state index is 0.0810. The average Bonchev–Trinajstić information content (AvgIpc) is 3.16. The van der Waals surface area contributed by atoms with Crippen molar-refractivity contribution >= 4 is 17.2 Å². The number of hydrogen-bond acceptors (Lipinski definition) is 5. The molecule has 1 aromatic carbocycles. The van der Waals surface area contributed by atoms with Crippen LogP contribution in [-0.4, -0.2) is 43.7 Å². The highest BCUT2D eigenvalue weighted by Gasteiger charge is 2.22. The fourth-order valence-electron chi connectivity index (χ4n) is 2.94. The molecular formula is C19H24N2O3S. The molecule has 0 atom stereocenters. The number of amides is 1. The van der Waals surface area contributed by atoms with Crippen LogP contribution in [0.2, 0.25) is 0 Å². The van der Waals surface area contributed by atoms with Crippen molar-refractivity contribution in [1.82, 2.24) is 10.2 Å². The van der Waals surface area contributed by atoms with Crippen LogP contribution in [0.15, 0.2) is 41.8 Å². The summed E-state index contributed by atoms with van der Waals surface area (Å²) in [7, 11) is 1.65. The Labute approximate surface area is 152 Å². The number of nitrogens with one attached hydrogen (secondary N) is 1. The number of thiophene rings is 1. The predicted octanol–water partition coefficient (Wildman–Crippen LogP) is 2.92. The molecule has 1 fully saturated rings. The molecule has 0 unspecified atom stereocenters. The summed E-state index contributed by atoms with van der Waals surface area (Å²) >= 11 is 1.66. The van der Waals surface area contributed by atoms with Crippen LogP contribution in [0.5, 0.6) is 11.5 Å². The van der Waals surface area contributed by atoms with Gasteiger partial charge >= 0.3 is 0 Å². The third kappa shape index (κ3) is 5.21. The number of carbonyl (C=O) groups excluding carboxylic acids is 1. The first-order valence-corrected chi connectivity index (χ1v) is 9.43. The normalized spacial score (nSPS) is 15.7. The van der Waals surface area contributed by atoms with Crippen molar-refractivity contribution in [1.29, 1.82) is 0 Å². The molecule has 1 aliphatic rings. The van der Waals surface area contributed by atoms with Crippen LogP contribution in [0.1, 0.15) is 17.7 Å². The SMILES string of the molecule is COc1ccccc1OC1CCN(CC(=O)NCc2cccs2)CC1. The number of rotatable bonds is 7. The molecule has 0 saturated carbocycles. The van der Waals surface area contributed by atoms with Gasteiger partial charge < -0.3 is 14.8 Å². The fraction of sp³-hybridized carbons (Fsp3) is 0.421. The van der Waals surface area contributed by atoms with E-state index in [1.54, 1.807) is 18.4 Å². The lowest BCUT2D eigenvalue weighted by atomic mass is 10.1. The molecule has 0 aliphatic carbocycles. The van der Waals surface area contributed by atoms with Gasteiger partial charge in [-0.2, -0.15) is 0 Å². The summed E-state index contributed by atoms with van der Waals surface area (Å²) in [5.41, 5.74) is 0. The Morgan fingerprint density at radius 2 is 1.96 bits per heavy atom. The van der Waals surface area contributed by atoms with E-state index in [1.807, 2.05) is 41.8 Å². The monoisotopic (exact) mass is 360 g/mol. The van der Waals surface area contributed by atoms with E-state index >= 15 is 0 Å². The molecular weight excluding hydrogens is 336 g/mol. The molecule has 5 nitrogen and oxygen atoms in total. The van der Waals surface area contributed by atoms with Crippen molar-refractivity contribution in [3.05, 3.63) is 46.7 Å². The van der Waals surface area contributed by atoms with Gasteiger partial charge in [-0.3, -0.25) is 9.69 Å². The Balaban J connectivity index is 1.40. The smallest absolute Gasteiger partial charge is 0.234 e. The summed E-state index contributed by atoms with van der Waals surface area (Å²) in [6, 6.07) is 11.8. The zero-order valence-corrected chi connectivity index (χ0v) is 15.3. The van der Waals surface area contributed by atoms with Gasteiger partial charge in [0.2, 0.25) is 5.91 Å². The van der Waals surface area contributed by atoms with Gasteiger partial charge in [0.05, 0.1) is 20.2 Å². The summed E-state index contributed by atoms with van der Waals surface area (Å²) < 4.78 is 11.4. The molecule has 1 N–H and O–H groups in total. The van der Waals surface area contributed by atoms with E-state index in [0.29, 0.717) is 13.1 Å². The zero-order chi connectivity index (χ0) is 17.5.